The van der Waals surface area contributed by atoms with Crippen molar-refractivity contribution >= 4 is 11.6 Å². The molecule has 0 N–H and O–H groups in total. The van der Waals surface area contributed by atoms with E-state index in [9.17, 15) is 4.39 Å². The Morgan fingerprint density at radius 1 is 1.22 bits per heavy atom. The molecule has 1 aromatic carbocycles. The maximum absolute atomic E-state index is 12.9. The summed E-state index contributed by atoms with van der Waals surface area (Å²) in [6, 6.07) is 6.52. The van der Waals surface area contributed by atoms with Gasteiger partial charge < -0.3 is 4.90 Å². The normalized spacial score (nSPS) is 27.1. The third-order valence-corrected chi connectivity index (χ3v) is 3.98. The monoisotopic (exact) mass is 269 g/mol. The van der Waals surface area contributed by atoms with Crippen LogP contribution in [0, 0.1) is 17.7 Å². The number of hydrogen-bond acceptors (Lipinski definition) is 1. The predicted octanol–water partition coefficient (Wildman–Crippen LogP) is 4.08. The topological polar surface area (TPSA) is 3.24 Å². The van der Waals surface area contributed by atoms with Gasteiger partial charge in [-0.3, -0.25) is 0 Å². The van der Waals surface area contributed by atoms with Crippen LogP contribution >= 0.6 is 11.6 Å². The molecule has 3 heteroatoms. The molecule has 3 unspecified atom stereocenters. The zero-order valence-electron chi connectivity index (χ0n) is 11.1. The van der Waals surface area contributed by atoms with Gasteiger partial charge in [0.2, 0.25) is 0 Å². The lowest BCUT2D eigenvalue weighted by atomic mass is 9.91. The largest absolute Gasteiger partial charge is 0.301 e. The quantitative estimate of drug-likeness (QED) is 0.748. The number of rotatable bonds is 3. The SMILES string of the molecule is CC1CC(C)CN(CC(Cl)c2ccc(F)cc2)C1. The van der Waals surface area contributed by atoms with Crippen LogP contribution in [0.3, 0.4) is 0 Å². The fraction of sp³-hybridized carbons (Fsp3) is 0.600. The molecule has 2 rings (SSSR count). The van der Waals surface area contributed by atoms with E-state index in [2.05, 4.69) is 18.7 Å². The zero-order chi connectivity index (χ0) is 13.1. The van der Waals surface area contributed by atoms with E-state index in [0.717, 1.165) is 37.0 Å². The number of nitrogens with zero attached hydrogens (tertiary/aromatic N) is 1. The molecule has 0 saturated carbocycles. The highest BCUT2D eigenvalue weighted by Gasteiger charge is 2.23. The van der Waals surface area contributed by atoms with Gasteiger partial charge in [-0.05, 0) is 36.0 Å². The maximum Gasteiger partial charge on any atom is 0.123 e. The lowest BCUT2D eigenvalue weighted by Gasteiger charge is -2.36. The number of benzene rings is 1. The van der Waals surface area contributed by atoms with Gasteiger partial charge in [-0.25, -0.2) is 4.39 Å². The molecule has 0 amide bonds. The molecule has 1 aromatic rings. The second-order valence-corrected chi connectivity index (χ2v) is 6.21. The minimum Gasteiger partial charge on any atom is -0.301 e. The Hall–Kier alpha value is -0.600. The number of piperidine rings is 1. The molecule has 100 valence electrons. The fourth-order valence-electron chi connectivity index (χ4n) is 2.94. The van der Waals surface area contributed by atoms with Crippen molar-refractivity contribution in [2.24, 2.45) is 11.8 Å². The Balaban J connectivity index is 1.94. The Morgan fingerprint density at radius 3 is 2.33 bits per heavy atom. The standard InChI is InChI=1S/C15H21ClFN/c1-11-7-12(2)9-18(8-11)10-15(16)13-3-5-14(17)6-4-13/h3-6,11-12,15H,7-10H2,1-2H3. The van der Waals surface area contributed by atoms with Gasteiger partial charge in [-0.15, -0.1) is 11.6 Å². The van der Waals surface area contributed by atoms with Crippen molar-refractivity contribution in [3.63, 3.8) is 0 Å². The van der Waals surface area contributed by atoms with Crippen LogP contribution in [-0.4, -0.2) is 24.5 Å². The first-order valence-corrected chi connectivity index (χ1v) is 7.10. The summed E-state index contributed by atoms with van der Waals surface area (Å²) < 4.78 is 12.9. The Bertz CT molecular complexity index is 369. The van der Waals surface area contributed by atoms with E-state index in [-0.39, 0.29) is 11.2 Å². The van der Waals surface area contributed by atoms with Crippen LogP contribution < -0.4 is 0 Å². The van der Waals surface area contributed by atoms with E-state index in [1.165, 1.54) is 18.6 Å². The highest BCUT2D eigenvalue weighted by atomic mass is 35.5. The minimum atomic E-state index is -0.206. The molecule has 0 radical (unpaired) electrons. The average Bonchev–Trinajstić information content (AvgIpc) is 2.28. The van der Waals surface area contributed by atoms with E-state index in [1.807, 2.05) is 0 Å². The smallest absolute Gasteiger partial charge is 0.123 e. The summed E-state index contributed by atoms with van der Waals surface area (Å²) in [6.07, 6.45) is 1.31. The fourth-order valence-corrected chi connectivity index (χ4v) is 3.29. The molecule has 0 aromatic heterocycles. The van der Waals surface area contributed by atoms with Gasteiger partial charge in [0.05, 0.1) is 5.38 Å². The van der Waals surface area contributed by atoms with Crippen LogP contribution in [0.4, 0.5) is 4.39 Å². The van der Waals surface area contributed by atoms with Crippen molar-refractivity contribution in [1.82, 2.24) is 4.90 Å². The first-order chi connectivity index (χ1) is 8.54. The van der Waals surface area contributed by atoms with Gasteiger partial charge in [0.15, 0.2) is 0 Å². The summed E-state index contributed by atoms with van der Waals surface area (Å²) >= 11 is 6.42. The van der Waals surface area contributed by atoms with Crippen LogP contribution in [0.5, 0.6) is 0 Å². The highest BCUT2D eigenvalue weighted by molar-refractivity contribution is 6.21. The second-order valence-electron chi connectivity index (χ2n) is 5.68. The van der Waals surface area contributed by atoms with Crippen LogP contribution in [0.25, 0.3) is 0 Å². The van der Waals surface area contributed by atoms with Gasteiger partial charge in [0.25, 0.3) is 0 Å². The second kappa shape index (κ2) is 6.03. The summed E-state index contributed by atoms with van der Waals surface area (Å²) in [5.41, 5.74) is 1.00. The number of hydrogen-bond donors (Lipinski definition) is 0. The van der Waals surface area contributed by atoms with Crippen LogP contribution in [0.2, 0.25) is 0 Å². The van der Waals surface area contributed by atoms with Gasteiger partial charge in [0.1, 0.15) is 5.82 Å². The van der Waals surface area contributed by atoms with Crippen LogP contribution in [0.15, 0.2) is 24.3 Å². The molecule has 18 heavy (non-hydrogen) atoms. The van der Waals surface area contributed by atoms with Crippen molar-refractivity contribution in [3.05, 3.63) is 35.6 Å². The van der Waals surface area contributed by atoms with E-state index in [1.54, 1.807) is 12.1 Å². The maximum atomic E-state index is 12.9. The molecule has 1 nitrogen and oxygen atoms in total. The van der Waals surface area contributed by atoms with Crippen molar-refractivity contribution in [2.75, 3.05) is 19.6 Å². The van der Waals surface area contributed by atoms with Crippen LogP contribution in [0.1, 0.15) is 31.2 Å². The minimum absolute atomic E-state index is 0.0527. The summed E-state index contributed by atoms with van der Waals surface area (Å²) in [5, 5.41) is -0.0527. The van der Waals surface area contributed by atoms with E-state index in [0.29, 0.717) is 0 Å². The summed E-state index contributed by atoms with van der Waals surface area (Å²) in [4.78, 5) is 2.43. The van der Waals surface area contributed by atoms with Gasteiger partial charge in [-0.2, -0.15) is 0 Å². The van der Waals surface area contributed by atoms with E-state index in [4.69, 9.17) is 11.6 Å². The molecule has 1 aliphatic rings. The third-order valence-electron chi connectivity index (χ3n) is 3.59. The zero-order valence-corrected chi connectivity index (χ0v) is 11.8. The molecule has 1 saturated heterocycles. The molecule has 1 heterocycles. The summed E-state index contributed by atoms with van der Waals surface area (Å²) in [5.74, 6) is 1.28. The Labute approximate surface area is 114 Å². The highest BCUT2D eigenvalue weighted by Crippen LogP contribution is 2.26. The lowest BCUT2D eigenvalue weighted by Crippen LogP contribution is -2.40. The molecular formula is C15H21ClFN. The van der Waals surface area contributed by atoms with E-state index >= 15 is 0 Å². The summed E-state index contributed by atoms with van der Waals surface area (Å²) in [6.45, 7) is 7.68. The molecule has 1 fully saturated rings. The molecule has 0 bridgehead atoms. The van der Waals surface area contributed by atoms with E-state index < -0.39 is 0 Å². The Kier molecular flexibility index (Phi) is 4.63. The van der Waals surface area contributed by atoms with Gasteiger partial charge in [0, 0.05) is 19.6 Å². The van der Waals surface area contributed by atoms with Crippen molar-refractivity contribution in [3.8, 4) is 0 Å². The molecular weight excluding hydrogens is 249 g/mol. The van der Waals surface area contributed by atoms with Crippen molar-refractivity contribution in [2.45, 2.75) is 25.6 Å². The number of likely N-dealkylation sites (tertiary alicyclic amines) is 1. The summed E-state index contributed by atoms with van der Waals surface area (Å²) in [7, 11) is 0. The average molecular weight is 270 g/mol. The van der Waals surface area contributed by atoms with Gasteiger partial charge >= 0.3 is 0 Å². The van der Waals surface area contributed by atoms with Crippen molar-refractivity contribution < 1.29 is 4.39 Å². The molecule has 0 spiro atoms. The lowest BCUT2D eigenvalue weighted by molar-refractivity contribution is 0.141. The number of halogens is 2. The first-order valence-electron chi connectivity index (χ1n) is 6.66. The van der Waals surface area contributed by atoms with Gasteiger partial charge in [-0.1, -0.05) is 26.0 Å². The molecule has 1 aliphatic heterocycles. The van der Waals surface area contributed by atoms with Crippen molar-refractivity contribution in [1.29, 1.82) is 0 Å². The molecule has 0 aliphatic carbocycles. The third kappa shape index (κ3) is 3.69. The first kappa shape index (κ1) is 13.8. The Morgan fingerprint density at radius 2 is 1.78 bits per heavy atom. The molecule has 3 atom stereocenters. The van der Waals surface area contributed by atoms with Crippen LogP contribution in [-0.2, 0) is 0 Å². The predicted molar refractivity (Wildman–Crippen MR) is 74.4 cm³/mol. The number of alkyl halides is 1.